The van der Waals surface area contributed by atoms with Crippen molar-refractivity contribution >= 4 is 34.9 Å². The average Bonchev–Trinajstić information content (AvgIpc) is 2.65. The lowest BCUT2D eigenvalue weighted by Gasteiger charge is -2.34. The monoisotopic (exact) mass is 379 g/mol. The number of methoxy groups -OCH3 is 1. The van der Waals surface area contributed by atoms with Gasteiger partial charge in [-0.25, -0.2) is 4.79 Å². The molecule has 1 aliphatic rings. The van der Waals surface area contributed by atoms with Crippen LogP contribution in [0.1, 0.15) is 23.2 Å². The smallest absolute Gasteiger partial charge is 0.337 e. The Labute approximate surface area is 157 Å². The van der Waals surface area contributed by atoms with Crippen molar-refractivity contribution in [3.63, 3.8) is 0 Å². The molecule has 4 nitrogen and oxygen atoms in total. The molecule has 132 valence electrons. The second kappa shape index (κ2) is 7.98. The van der Waals surface area contributed by atoms with E-state index >= 15 is 0 Å². The van der Waals surface area contributed by atoms with Gasteiger partial charge in [0, 0.05) is 31.6 Å². The molecule has 1 saturated heterocycles. The number of hydrogen-bond acceptors (Lipinski definition) is 4. The fraction of sp³-hybridized carbons (Fsp3) is 0.316. The molecule has 0 radical (unpaired) electrons. The molecule has 1 fully saturated rings. The third-order valence-corrected chi connectivity index (χ3v) is 4.89. The molecule has 0 bridgehead atoms. The molecular formula is C19H19Cl2NO3. The van der Waals surface area contributed by atoms with Crippen molar-refractivity contribution in [1.82, 2.24) is 0 Å². The van der Waals surface area contributed by atoms with E-state index in [1.165, 1.54) is 7.11 Å². The first kappa shape index (κ1) is 17.9. The third-order valence-electron chi connectivity index (χ3n) is 4.30. The lowest BCUT2D eigenvalue weighted by atomic mass is 10.1. The largest absolute Gasteiger partial charge is 0.487 e. The third kappa shape index (κ3) is 4.20. The number of benzene rings is 2. The molecule has 0 atom stereocenters. The fourth-order valence-corrected chi connectivity index (χ4v) is 3.41. The summed E-state index contributed by atoms with van der Waals surface area (Å²) in [6, 6.07) is 12.8. The maximum Gasteiger partial charge on any atom is 0.337 e. The number of halogens is 2. The molecule has 3 rings (SSSR count). The summed E-state index contributed by atoms with van der Waals surface area (Å²) in [7, 11) is 1.38. The highest BCUT2D eigenvalue weighted by Crippen LogP contribution is 2.34. The van der Waals surface area contributed by atoms with Crippen LogP contribution in [0.25, 0.3) is 0 Å². The zero-order valence-corrected chi connectivity index (χ0v) is 15.4. The lowest BCUT2D eigenvalue weighted by Crippen LogP contribution is -2.38. The predicted molar refractivity (Wildman–Crippen MR) is 100 cm³/mol. The summed E-state index contributed by atoms with van der Waals surface area (Å²) in [4.78, 5) is 13.8. The van der Waals surface area contributed by atoms with Crippen LogP contribution in [0.3, 0.4) is 0 Å². The van der Waals surface area contributed by atoms with Crippen molar-refractivity contribution in [2.45, 2.75) is 18.9 Å². The van der Waals surface area contributed by atoms with Crippen molar-refractivity contribution < 1.29 is 14.3 Å². The van der Waals surface area contributed by atoms with E-state index in [1.807, 2.05) is 12.1 Å². The molecule has 1 aliphatic heterocycles. The van der Waals surface area contributed by atoms with E-state index in [9.17, 15) is 4.79 Å². The number of carbonyl (C=O) groups is 1. The van der Waals surface area contributed by atoms with E-state index in [-0.39, 0.29) is 12.1 Å². The van der Waals surface area contributed by atoms with Crippen LogP contribution in [0, 0.1) is 0 Å². The normalized spacial score (nSPS) is 15.1. The molecule has 0 amide bonds. The maximum atomic E-state index is 11.5. The van der Waals surface area contributed by atoms with Crippen molar-refractivity contribution in [3.8, 4) is 5.75 Å². The number of esters is 1. The summed E-state index contributed by atoms with van der Waals surface area (Å²) in [5.41, 5.74) is 1.64. The Kier molecular flexibility index (Phi) is 5.71. The fourth-order valence-electron chi connectivity index (χ4n) is 2.92. The Morgan fingerprint density at radius 1 is 1.04 bits per heavy atom. The molecule has 6 heteroatoms. The quantitative estimate of drug-likeness (QED) is 0.713. The Bertz CT molecular complexity index is 721. The summed E-state index contributed by atoms with van der Waals surface area (Å²) in [5, 5.41) is 1.07. The summed E-state index contributed by atoms with van der Waals surface area (Å²) >= 11 is 12.3. The zero-order valence-electron chi connectivity index (χ0n) is 13.9. The number of para-hydroxylation sites is 1. The summed E-state index contributed by atoms with van der Waals surface area (Å²) in [6.07, 6.45) is 1.84. The first-order chi connectivity index (χ1) is 12.1. The lowest BCUT2D eigenvalue weighted by molar-refractivity contribution is 0.0601. The number of piperidine rings is 1. The van der Waals surface area contributed by atoms with Crippen LogP contribution in [0.2, 0.25) is 10.0 Å². The summed E-state index contributed by atoms with van der Waals surface area (Å²) < 4.78 is 10.7. The predicted octanol–water partition coefficient (Wildman–Crippen LogP) is 4.83. The van der Waals surface area contributed by atoms with Crippen molar-refractivity contribution in [2.24, 2.45) is 0 Å². The van der Waals surface area contributed by atoms with Crippen molar-refractivity contribution in [3.05, 3.63) is 58.1 Å². The molecule has 2 aromatic carbocycles. The minimum atomic E-state index is -0.324. The van der Waals surface area contributed by atoms with Gasteiger partial charge in [0.2, 0.25) is 0 Å². The van der Waals surface area contributed by atoms with E-state index in [2.05, 4.69) is 4.90 Å². The van der Waals surface area contributed by atoms with E-state index in [0.717, 1.165) is 31.6 Å². The zero-order chi connectivity index (χ0) is 17.8. The van der Waals surface area contributed by atoms with Gasteiger partial charge < -0.3 is 14.4 Å². The minimum absolute atomic E-state index is 0.0861. The van der Waals surface area contributed by atoms with E-state index in [1.54, 1.807) is 30.3 Å². The van der Waals surface area contributed by atoms with Gasteiger partial charge in [0.1, 0.15) is 6.10 Å². The highest BCUT2D eigenvalue weighted by molar-refractivity contribution is 6.37. The summed E-state index contributed by atoms with van der Waals surface area (Å²) in [5.74, 6) is 0.238. The van der Waals surface area contributed by atoms with E-state index in [4.69, 9.17) is 32.7 Å². The van der Waals surface area contributed by atoms with Crippen molar-refractivity contribution in [2.75, 3.05) is 25.1 Å². The molecule has 0 aliphatic carbocycles. The van der Waals surface area contributed by atoms with Gasteiger partial charge >= 0.3 is 5.97 Å². The molecule has 0 unspecified atom stereocenters. The van der Waals surface area contributed by atoms with Crippen LogP contribution in [-0.4, -0.2) is 32.3 Å². The topological polar surface area (TPSA) is 38.8 Å². The molecule has 0 N–H and O–H groups in total. The molecule has 0 aromatic heterocycles. The molecule has 0 saturated carbocycles. The highest BCUT2D eigenvalue weighted by Gasteiger charge is 2.22. The Morgan fingerprint density at radius 3 is 2.20 bits per heavy atom. The number of nitrogens with zero attached hydrogens (tertiary/aromatic N) is 1. The molecule has 2 aromatic rings. The highest BCUT2D eigenvalue weighted by atomic mass is 35.5. The van der Waals surface area contributed by atoms with Crippen LogP contribution in [0.5, 0.6) is 5.75 Å². The minimum Gasteiger partial charge on any atom is -0.487 e. The average molecular weight is 380 g/mol. The van der Waals surface area contributed by atoms with Crippen molar-refractivity contribution in [1.29, 1.82) is 0 Å². The van der Waals surface area contributed by atoms with Crippen LogP contribution in [-0.2, 0) is 4.74 Å². The van der Waals surface area contributed by atoms with E-state index < -0.39 is 0 Å². The van der Waals surface area contributed by atoms with Crippen LogP contribution in [0.15, 0.2) is 42.5 Å². The van der Waals surface area contributed by atoms with Crippen LogP contribution in [0.4, 0.5) is 5.69 Å². The van der Waals surface area contributed by atoms with Gasteiger partial charge in [0.25, 0.3) is 0 Å². The summed E-state index contributed by atoms with van der Waals surface area (Å²) in [6.45, 7) is 1.73. The number of ether oxygens (including phenoxy) is 2. The first-order valence-electron chi connectivity index (χ1n) is 8.12. The van der Waals surface area contributed by atoms with Gasteiger partial charge in [0.05, 0.1) is 22.7 Å². The van der Waals surface area contributed by atoms with Gasteiger partial charge in [-0.2, -0.15) is 0 Å². The molecule has 1 heterocycles. The maximum absolute atomic E-state index is 11.5. The Balaban J connectivity index is 1.59. The van der Waals surface area contributed by atoms with Gasteiger partial charge in [0.15, 0.2) is 5.75 Å². The number of carbonyl (C=O) groups excluding carboxylic acids is 1. The number of rotatable bonds is 4. The van der Waals surface area contributed by atoms with Crippen LogP contribution < -0.4 is 9.64 Å². The van der Waals surface area contributed by atoms with Gasteiger partial charge in [-0.15, -0.1) is 0 Å². The SMILES string of the molecule is COC(=O)c1ccc(N2CCC(Oc3c(Cl)cccc3Cl)CC2)cc1. The number of hydrogen-bond donors (Lipinski definition) is 0. The Hall–Kier alpha value is -1.91. The number of anilines is 1. The molecule has 0 spiro atoms. The van der Waals surface area contributed by atoms with Gasteiger partial charge in [-0.3, -0.25) is 0 Å². The van der Waals surface area contributed by atoms with E-state index in [0.29, 0.717) is 21.4 Å². The first-order valence-corrected chi connectivity index (χ1v) is 8.88. The molecule has 25 heavy (non-hydrogen) atoms. The van der Waals surface area contributed by atoms with Gasteiger partial charge in [-0.1, -0.05) is 29.3 Å². The van der Waals surface area contributed by atoms with Crippen LogP contribution >= 0.6 is 23.2 Å². The van der Waals surface area contributed by atoms with Gasteiger partial charge in [-0.05, 0) is 36.4 Å². The molecular weight excluding hydrogens is 361 g/mol. The Morgan fingerprint density at radius 2 is 1.64 bits per heavy atom. The standard InChI is InChI=1S/C19H19Cl2NO3/c1-24-19(23)13-5-7-14(8-6-13)22-11-9-15(10-12-22)25-18-16(20)3-2-4-17(18)21/h2-8,15H,9-12H2,1H3. The second-order valence-electron chi connectivity index (χ2n) is 5.89. The second-order valence-corrected chi connectivity index (χ2v) is 6.71.